The maximum Gasteiger partial charge on any atom is 0.317 e. The minimum atomic E-state index is -0.907. The third-order valence-electron chi connectivity index (χ3n) is 2.66. The zero-order chi connectivity index (χ0) is 14.1. The molecule has 2 N–H and O–H groups in total. The van der Waals surface area contributed by atoms with Crippen molar-refractivity contribution in [2.75, 3.05) is 20.3 Å². The maximum atomic E-state index is 12.0. The summed E-state index contributed by atoms with van der Waals surface area (Å²) in [6, 6.07) is -0.531. The molecule has 0 fully saturated rings. The molecule has 0 bridgehead atoms. The monoisotopic (exact) mass is 260 g/mol. The summed E-state index contributed by atoms with van der Waals surface area (Å²) >= 11 is 0. The molecule has 6 heteroatoms. The van der Waals surface area contributed by atoms with Crippen LogP contribution in [0.5, 0.6) is 0 Å². The maximum absolute atomic E-state index is 12.0. The molecule has 106 valence electrons. The predicted octanol–water partition coefficient (Wildman–Crippen LogP) is 1.31. The Hall–Kier alpha value is -1.30. The van der Waals surface area contributed by atoms with E-state index in [0.29, 0.717) is 19.6 Å². The van der Waals surface area contributed by atoms with Crippen molar-refractivity contribution in [1.29, 1.82) is 0 Å². The molecular formula is C12H24N2O4. The lowest BCUT2D eigenvalue weighted by atomic mass is 10.1. The van der Waals surface area contributed by atoms with Crippen LogP contribution in [-0.2, 0) is 9.53 Å². The van der Waals surface area contributed by atoms with Gasteiger partial charge in [-0.05, 0) is 20.3 Å². The average Bonchev–Trinajstić information content (AvgIpc) is 2.27. The first-order valence-electron chi connectivity index (χ1n) is 6.20. The van der Waals surface area contributed by atoms with Crippen molar-refractivity contribution >= 4 is 12.0 Å². The fourth-order valence-corrected chi connectivity index (χ4v) is 1.55. The molecule has 2 amide bonds. The summed E-state index contributed by atoms with van der Waals surface area (Å²) in [5.74, 6) is -0.907. The van der Waals surface area contributed by atoms with Crippen LogP contribution in [0.25, 0.3) is 0 Å². The molecule has 0 saturated carbocycles. The number of hydrogen-bond donors (Lipinski definition) is 2. The second-order valence-electron chi connectivity index (χ2n) is 4.43. The third kappa shape index (κ3) is 6.44. The normalized spacial score (nSPS) is 12.3. The van der Waals surface area contributed by atoms with Crippen LogP contribution in [0.3, 0.4) is 0 Å². The molecule has 0 aliphatic carbocycles. The summed E-state index contributed by atoms with van der Waals surface area (Å²) < 4.78 is 4.95. The van der Waals surface area contributed by atoms with Crippen LogP contribution in [0.1, 0.15) is 33.6 Å². The Balaban J connectivity index is 4.42. The summed E-state index contributed by atoms with van der Waals surface area (Å²) in [5, 5.41) is 11.5. The first-order chi connectivity index (χ1) is 8.42. The predicted molar refractivity (Wildman–Crippen MR) is 68.6 cm³/mol. The van der Waals surface area contributed by atoms with Crippen molar-refractivity contribution in [1.82, 2.24) is 10.2 Å². The molecular weight excluding hydrogens is 236 g/mol. The zero-order valence-electron chi connectivity index (χ0n) is 11.6. The third-order valence-corrected chi connectivity index (χ3v) is 2.66. The van der Waals surface area contributed by atoms with E-state index in [1.54, 1.807) is 12.0 Å². The van der Waals surface area contributed by atoms with E-state index < -0.39 is 5.97 Å². The van der Waals surface area contributed by atoms with Gasteiger partial charge >= 0.3 is 12.0 Å². The quantitative estimate of drug-likeness (QED) is 0.689. The minimum absolute atomic E-state index is 0.0440. The minimum Gasteiger partial charge on any atom is -0.481 e. The molecule has 0 aliphatic heterocycles. The topological polar surface area (TPSA) is 78.9 Å². The van der Waals surface area contributed by atoms with Gasteiger partial charge in [-0.3, -0.25) is 4.79 Å². The Kier molecular flexibility index (Phi) is 8.11. The fourth-order valence-electron chi connectivity index (χ4n) is 1.55. The van der Waals surface area contributed by atoms with Crippen LogP contribution < -0.4 is 5.32 Å². The van der Waals surface area contributed by atoms with E-state index in [1.807, 2.05) is 20.8 Å². The van der Waals surface area contributed by atoms with Gasteiger partial charge in [0.05, 0.1) is 13.0 Å². The van der Waals surface area contributed by atoms with Crippen LogP contribution in [-0.4, -0.2) is 54.4 Å². The van der Waals surface area contributed by atoms with E-state index >= 15 is 0 Å². The smallest absolute Gasteiger partial charge is 0.317 e. The summed E-state index contributed by atoms with van der Waals surface area (Å²) in [5.41, 5.74) is 0. The Morgan fingerprint density at radius 2 is 2.00 bits per heavy atom. The van der Waals surface area contributed by atoms with Gasteiger partial charge in [0, 0.05) is 25.7 Å². The van der Waals surface area contributed by atoms with Crippen molar-refractivity contribution in [3.8, 4) is 0 Å². The number of amides is 2. The van der Waals surface area contributed by atoms with Crippen LogP contribution in [0.15, 0.2) is 0 Å². The Labute approximate surface area is 108 Å². The number of carbonyl (C=O) groups excluding carboxylic acids is 1. The molecule has 0 saturated heterocycles. The molecule has 0 aromatic carbocycles. The lowest BCUT2D eigenvalue weighted by Gasteiger charge is -2.28. The van der Waals surface area contributed by atoms with Gasteiger partial charge in [-0.2, -0.15) is 0 Å². The van der Waals surface area contributed by atoms with Gasteiger partial charge in [0.1, 0.15) is 0 Å². The van der Waals surface area contributed by atoms with E-state index in [4.69, 9.17) is 9.84 Å². The molecule has 6 nitrogen and oxygen atoms in total. The van der Waals surface area contributed by atoms with Crippen molar-refractivity contribution in [3.05, 3.63) is 0 Å². The molecule has 0 heterocycles. The summed E-state index contributed by atoms with van der Waals surface area (Å²) in [6.45, 7) is 6.62. The summed E-state index contributed by atoms with van der Waals surface area (Å²) in [4.78, 5) is 24.3. The van der Waals surface area contributed by atoms with Gasteiger partial charge in [-0.15, -0.1) is 0 Å². The highest BCUT2D eigenvalue weighted by molar-refractivity contribution is 5.76. The van der Waals surface area contributed by atoms with Gasteiger partial charge < -0.3 is 20.1 Å². The first kappa shape index (κ1) is 16.7. The largest absolute Gasteiger partial charge is 0.481 e. The van der Waals surface area contributed by atoms with E-state index in [1.165, 1.54) is 0 Å². The molecule has 0 aromatic heterocycles. The van der Waals surface area contributed by atoms with E-state index in [2.05, 4.69) is 5.32 Å². The van der Waals surface area contributed by atoms with Gasteiger partial charge in [0.25, 0.3) is 0 Å². The SMILES string of the molecule is CCC(CC(=O)O)NC(=O)N(CCOC)C(C)C. The molecule has 0 aromatic rings. The number of carboxylic acid groups (broad SMARTS) is 1. The molecule has 18 heavy (non-hydrogen) atoms. The Bertz CT molecular complexity index is 269. The lowest BCUT2D eigenvalue weighted by molar-refractivity contribution is -0.137. The van der Waals surface area contributed by atoms with Crippen molar-refractivity contribution in [3.63, 3.8) is 0 Å². The lowest BCUT2D eigenvalue weighted by Crippen LogP contribution is -2.49. The van der Waals surface area contributed by atoms with Crippen molar-refractivity contribution in [2.45, 2.75) is 45.7 Å². The highest BCUT2D eigenvalue weighted by atomic mass is 16.5. The van der Waals surface area contributed by atoms with Crippen LogP contribution >= 0.6 is 0 Å². The Morgan fingerprint density at radius 1 is 1.39 bits per heavy atom. The number of carbonyl (C=O) groups is 2. The van der Waals surface area contributed by atoms with E-state index in [9.17, 15) is 9.59 Å². The number of ether oxygens (including phenoxy) is 1. The number of rotatable bonds is 8. The number of urea groups is 1. The average molecular weight is 260 g/mol. The van der Waals surface area contributed by atoms with Gasteiger partial charge in [-0.1, -0.05) is 6.92 Å². The van der Waals surface area contributed by atoms with Gasteiger partial charge in [0.15, 0.2) is 0 Å². The van der Waals surface area contributed by atoms with Crippen LogP contribution in [0, 0.1) is 0 Å². The van der Waals surface area contributed by atoms with Crippen LogP contribution in [0.2, 0.25) is 0 Å². The highest BCUT2D eigenvalue weighted by Gasteiger charge is 2.20. The standard InChI is InChI=1S/C12H24N2O4/c1-5-10(8-11(15)16)13-12(17)14(9(2)3)6-7-18-4/h9-10H,5-8H2,1-4H3,(H,13,17)(H,15,16). The van der Waals surface area contributed by atoms with Crippen LogP contribution in [0.4, 0.5) is 4.79 Å². The molecule has 1 atom stereocenters. The van der Waals surface area contributed by atoms with Crippen molar-refractivity contribution < 1.29 is 19.4 Å². The number of hydrogen-bond acceptors (Lipinski definition) is 3. The summed E-state index contributed by atoms with van der Waals surface area (Å²) in [6.07, 6.45) is 0.534. The van der Waals surface area contributed by atoms with Gasteiger partial charge in [0.2, 0.25) is 0 Å². The zero-order valence-corrected chi connectivity index (χ0v) is 11.6. The number of carboxylic acids is 1. The van der Waals surface area contributed by atoms with E-state index in [-0.39, 0.29) is 24.5 Å². The molecule has 0 spiro atoms. The number of methoxy groups -OCH3 is 1. The van der Waals surface area contributed by atoms with E-state index in [0.717, 1.165) is 0 Å². The number of aliphatic carboxylic acids is 1. The molecule has 0 radical (unpaired) electrons. The second-order valence-corrected chi connectivity index (χ2v) is 4.43. The second kappa shape index (κ2) is 8.74. The number of nitrogens with zero attached hydrogens (tertiary/aromatic N) is 1. The fraction of sp³-hybridized carbons (Fsp3) is 0.833. The van der Waals surface area contributed by atoms with Crippen molar-refractivity contribution in [2.24, 2.45) is 0 Å². The first-order valence-corrected chi connectivity index (χ1v) is 6.20. The van der Waals surface area contributed by atoms with Gasteiger partial charge in [-0.25, -0.2) is 4.79 Å². The summed E-state index contributed by atoms with van der Waals surface area (Å²) in [7, 11) is 1.58. The molecule has 0 aliphatic rings. The Morgan fingerprint density at radius 3 is 2.39 bits per heavy atom. The highest BCUT2D eigenvalue weighted by Crippen LogP contribution is 2.03. The molecule has 1 unspecified atom stereocenters. The number of nitrogens with one attached hydrogen (secondary N) is 1. The molecule has 0 rings (SSSR count).